The zero-order chi connectivity index (χ0) is 9.90. The first-order chi connectivity index (χ1) is 5.99. The predicted octanol–water partition coefficient (Wildman–Crippen LogP) is 1.93. The monoisotopic (exact) mass is 185 g/mol. The Bertz CT molecular complexity index is 141. The molecule has 1 saturated carbocycles. The van der Waals surface area contributed by atoms with Crippen LogP contribution in [0.3, 0.4) is 0 Å². The van der Waals surface area contributed by atoms with E-state index < -0.39 is 0 Å². The van der Waals surface area contributed by atoms with Gasteiger partial charge in [-0.1, -0.05) is 13.8 Å². The second-order valence-corrected chi connectivity index (χ2v) is 5.00. The molecule has 0 spiro atoms. The van der Waals surface area contributed by atoms with Crippen molar-refractivity contribution in [2.75, 3.05) is 6.54 Å². The lowest BCUT2D eigenvalue weighted by Crippen LogP contribution is -2.36. The molecule has 0 heterocycles. The van der Waals surface area contributed by atoms with E-state index in [1.165, 1.54) is 12.8 Å². The van der Waals surface area contributed by atoms with Gasteiger partial charge in [0.2, 0.25) is 0 Å². The number of nitrogens with one attached hydrogen (secondary N) is 1. The van der Waals surface area contributed by atoms with Crippen molar-refractivity contribution in [1.29, 1.82) is 0 Å². The van der Waals surface area contributed by atoms with E-state index in [0.29, 0.717) is 6.04 Å². The van der Waals surface area contributed by atoms with E-state index in [1.807, 2.05) is 6.92 Å². The molecule has 2 heteroatoms. The van der Waals surface area contributed by atoms with Crippen molar-refractivity contribution in [2.45, 2.75) is 58.1 Å². The highest BCUT2D eigenvalue weighted by Gasteiger charge is 2.28. The Kier molecular flexibility index (Phi) is 3.74. The third-order valence-electron chi connectivity index (χ3n) is 3.00. The number of aliphatic hydroxyl groups is 1. The Morgan fingerprint density at radius 3 is 2.38 bits per heavy atom. The normalized spacial score (nSPS) is 35.3. The SMILES string of the molecule is CC(C)NCC1CCC(C)(O)CC1. The Balaban J connectivity index is 2.18. The molecule has 0 aromatic rings. The summed E-state index contributed by atoms with van der Waals surface area (Å²) in [4.78, 5) is 0. The van der Waals surface area contributed by atoms with Crippen molar-refractivity contribution >= 4 is 0 Å². The quantitative estimate of drug-likeness (QED) is 0.704. The molecule has 0 saturated heterocycles. The van der Waals surface area contributed by atoms with Crippen molar-refractivity contribution in [1.82, 2.24) is 5.32 Å². The van der Waals surface area contributed by atoms with Gasteiger partial charge in [-0.25, -0.2) is 0 Å². The molecule has 0 aromatic carbocycles. The third-order valence-corrected chi connectivity index (χ3v) is 3.00. The fourth-order valence-corrected chi connectivity index (χ4v) is 1.91. The van der Waals surface area contributed by atoms with Crippen LogP contribution in [0.25, 0.3) is 0 Å². The van der Waals surface area contributed by atoms with E-state index in [4.69, 9.17) is 0 Å². The van der Waals surface area contributed by atoms with Gasteiger partial charge in [-0.15, -0.1) is 0 Å². The van der Waals surface area contributed by atoms with Crippen LogP contribution in [0.4, 0.5) is 0 Å². The fraction of sp³-hybridized carbons (Fsp3) is 1.00. The van der Waals surface area contributed by atoms with Gasteiger partial charge in [-0.2, -0.15) is 0 Å². The summed E-state index contributed by atoms with van der Waals surface area (Å²) in [7, 11) is 0. The molecule has 1 aliphatic carbocycles. The van der Waals surface area contributed by atoms with E-state index in [2.05, 4.69) is 19.2 Å². The summed E-state index contributed by atoms with van der Waals surface area (Å²) >= 11 is 0. The van der Waals surface area contributed by atoms with Crippen LogP contribution < -0.4 is 5.32 Å². The Morgan fingerprint density at radius 2 is 1.92 bits per heavy atom. The zero-order valence-corrected chi connectivity index (χ0v) is 9.14. The van der Waals surface area contributed by atoms with Gasteiger partial charge < -0.3 is 10.4 Å². The predicted molar refractivity (Wildman–Crippen MR) is 55.7 cm³/mol. The molecular formula is C11H23NO. The summed E-state index contributed by atoms with van der Waals surface area (Å²) in [6.45, 7) is 7.44. The average Bonchev–Trinajstić information content (AvgIpc) is 2.02. The van der Waals surface area contributed by atoms with E-state index in [0.717, 1.165) is 25.3 Å². The molecule has 2 nitrogen and oxygen atoms in total. The minimum atomic E-state index is -0.381. The van der Waals surface area contributed by atoms with Gasteiger partial charge in [0, 0.05) is 6.04 Å². The lowest BCUT2D eigenvalue weighted by Gasteiger charge is -2.33. The van der Waals surface area contributed by atoms with E-state index in [9.17, 15) is 5.11 Å². The maximum absolute atomic E-state index is 9.75. The second-order valence-electron chi connectivity index (χ2n) is 5.00. The standard InChI is InChI=1S/C11H23NO/c1-9(2)12-8-10-4-6-11(3,13)7-5-10/h9-10,12-13H,4-8H2,1-3H3. The lowest BCUT2D eigenvalue weighted by molar-refractivity contribution is 0.00803. The average molecular weight is 185 g/mol. The summed E-state index contributed by atoms with van der Waals surface area (Å²) in [5, 5.41) is 13.2. The van der Waals surface area contributed by atoms with Crippen molar-refractivity contribution in [3.05, 3.63) is 0 Å². The van der Waals surface area contributed by atoms with Crippen LogP contribution >= 0.6 is 0 Å². The van der Waals surface area contributed by atoms with Crippen LogP contribution in [-0.2, 0) is 0 Å². The van der Waals surface area contributed by atoms with Crippen LogP contribution in [0.15, 0.2) is 0 Å². The van der Waals surface area contributed by atoms with Gasteiger partial charge in [0.25, 0.3) is 0 Å². The van der Waals surface area contributed by atoms with Gasteiger partial charge >= 0.3 is 0 Å². The first-order valence-corrected chi connectivity index (χ1v) is 5.45. The highest BCUT2D eigenvalue weighted by atomic mass is 16.3. The molecule has 0 aromatic heterocycles. The Hall–Kier alpha value is -0.0800. The van der Waals surface area contributed by atoms with Crippen molar-refractivity contribution < 1.29 is 5.11 Å². The van der Waals surface area contributed by atoms with Crippen LogP contribution in [-0.4, -0.2) is 23.3 Å². The first-order valence-electron chi connectivity index (χ1n) is 5.45. The van der Waals surface area contributed by atoms with E-state index in [-0.39, 0.29) is 5.60 Å². The molecule has 2 N–H and O–H groups in total. The highest BCUT2D eigenvalue weighted by Crippen LogP contribution is 2.31. The Labute approximate surface area is 81.7 Å². The zero-order valence-electron chi connectivity index (χ0n) is 9.14. The maximum Gasteiger partial charge on any atom is 0.0620 e. The summed E-state index contributed by atoms with van der Waals surface area (Å²) in [6.07, 6.45) is 4.29. The van der Waals surface area contributed by atoms with Crippen molar-refractivity contribution in [3.63, 3.8) is 0 Å². The molecule has 0 amide bonds. The summed E-state index contributed by atoms with van der Waals surface area (Å²) in [5.41, 5.74) is -0.381. The van der Waals surface area contributed by atoms with Gasteiger partial charge in [0.15, 0.2) is 0 Å². The second kappa shape index (κ2) is 4.43. The molecule has 78 valence electrons. The molecule has 1 rings (SSSR count). The van der Waals surface area contributed by atoms with Gasteiger partial charge in [-0.3, -0.25) is 0 Å². The highest BCUT2D eigenvalue weighted by molar-refractivity contribution is 4.82. The molecular weight excluding hydrogens is 162 g/mol. The molecule has 0 radical (unpaired) electrons. The maximum atomic E-state index is 9.75. The minimum absolute atomic E-state index is 0.381. The number of rotatable bonds is 3. The summed E-state index contributed by atoms with van der Waals surface area (Å²) in [5.74, 6) is 0.780. The van der Waals surface area contributed by atoms with Crippen molar-refractivity contribution in [2.24, 2.45) is 5.92 Å². The molecule has 0 aliphatic heterocycles. The Morgan fingerprint density at radius 1 is 1.38 bits per heavy atom. The topological polar surface area (TPSA) is 32.3 Å². The summed E-state index contributed by atoms with van der Waals surface area (Å²) < 4.78 is 0. The molecule has 0 atom stereocenters. The first kappa shape index (κ1) is 11.0. The number of hydrogen-bond donors (Lipinski definition) is 2. The molecule has 0 unspecified atom stereocenters. The molecule has 0 bridgehead atoms. The van der Waals surface area contributed by atoms with Crippen LogP contribution in [0.2, 0.25) is 0 Å². The minimum Gasteiger partial charge on any atom is -0.390 e. The van der Waals surface area contributed by atoms with Crippen molar-refractivity contribution in [3.8, 4) is 0 Å². The number of hydrogen-bond acceptors (Lipinski definition) is 2. The van der Waals surface area contributed by atoms with Gasteiger partial charge in [0.1, 0.15) is 0 Å². The van der Waals surface area contributed by atoms with Crippen LogP contribution in [0, 0.1) is 5.92 Å². The van der Waals surface area contributed by atoms with Crippen LogP contribution in [0.5, 0.6) is 0 Å². The summed E-state index contributed by atoms with van der Waals surface area (Å²) in [6, 6.07) is 0.586. The van der Waals surface area contributed by atoms with Gasteiger partial charge in [-0.05, 0) is 45.1 Å². The smallest absolute Gasteiger partial charge is 0.0620 e. The largest absolute Gasteiger partial charge is 0.390 e. The van der Waals surface area contributed by atoms with Gasteiger partial charge in [0.05, 0.1) is 5.60 Å². The molecule has 13 heavy (non-hydrogen) atoms. The molecule has 1 aliphatic rings. The van der Waals surface area contributed by atoms with E-state index >= 15 is 0 Å². The lowest BCUT2D eigenvalue weighted by atomic mass is 9.80. The van der Waals surface area contributed by atoms with E-state index in [1.54, 1.807) is 0 Å². The third kappa shape index (κ3) is 4.10. The molecule has 1 fully saturated rings. The van der Waals surface area contributed by atoms with Crippen LogP contribution in [0.1, 0.15) is 46.5 Å². The fourth-order valence-electron chi connectivity index (χ4n) is 1.91.